The fourth-order valence-corrected chi connectivity index (χ4v) is 1.91. The molecule has 0 aromatic carbocycles. The second-order valence-electron chi connectivity index (χ2n) is 4.86. The molecule has 0 saturated carbocycles. The summed E-state index contributed by atoms with van der Waals surface area (Å²) < 4.78 is 0. The zero-order valence-electron chi connectivity index (χ0n) is 9.88. The number of amides is 1. The molecule has 0 bridgehead atoms. The van der Waals surface area contributed by atoms with Gasteiger partial charge in [0.1, 0.15) is 0 Å². The standard InChI is InChI=1S/C11H18BrN3O/c1-11(2,3)9(4-5-12)15-10(16)8-6-13-14-7-8/h6-7,9H,4-5H2,1-3H3,(H,13,14)(H,15,16). The lowest BCUT2D eigenvalue weighted by Crippen LogP contribution is -2.43. The summed E-state index contributed by atoms with van der Waals surface area (Å²) in [5.41, 5.74) is 0.622. The van der Waals surface area contributed by atoms with Crippen molar-refractivity contribution >= 4 is 21.8 Å². The maximum atomic E-state index is 11.9. The van der Waals surface area contributed by atoms with Crippen LogP contribution in [0.5, 0.6) is 0 Å². The Balaban J connectivity index is 2.66. The molecule has 5 heteroatoms. The van der Waals surface area contributed by atoms with Crippen molar-refractivity contribution in [3.05, 3.63) is 18.0 Å². The van der Waals surface area contributed by atoms with E-state index in [9.17, 15) is 4.79 Å². The Morgan fingerprint density at radius 2 is 2.31 bits per heavy atom. The highest BCUT2D eigenvalue weighted by atomic mass is 79.9. The minimum absolute atomic E-state index is 0.0488. The third-order valence-electron chi connectivity index (χ3n) is 2.51. The smallest absolute Gasteiger partial charge is 0.254 e. The van der Waals surface area contributed by atoms with Crippen LogP contribution in [-0.2, 0) is 0 Å². The van der Waals surface area contributed by atoms with Gasteiger partial charge in [-0.3, -0.25) is 9.89 Å². The van der Waals surface area contributed by atoms with Gasteiger partial charge in [-0.1, -0.05) is 36.7 Å². The SMILES string of the molecule is CC(C)(C)C(CCBr)NC(=O)c1cn[nH]c1. The maximum Gasteiger partial charge on any atom is 0.254 e. The van der Waals surface area contributed by atoms with E-state index in [0.29, 0.717) is 5.56 Å². The number of H-pyrrole nitrogens is 1. The average Bonchev–Trinajstić information content (AvgIpc) is 2.68. The number of carbonyl (C=O) groups excluding carboxylic acids is 1. The molecule has 1 heterocycles. The Bertz CT molecular complexity index is 329. The maximum absolute atomic E-state index is 11.9. The molecule has 1 amide bonds. The van der Waals surface area contributed by atoms with E-state index in [1.54, 1.807) is 6.20 Å². The van der Waals surface area contributed by atoms with E-state index in [1.807, 2.05) is 0 Å². The van der Waals surface area contributed by atoms with Gasteiger partial charge in [-0.15, -0.1) is 0 Å². The Morgan fingerprint density at radius 3 is 2.75 bits per heavy atom. The molecule has 1 rings (SSSR count). The van der Waals surface area contributed by atoms with Gasteiger partial charge >= 0.3 is 0 Å². The van der Waals surface area contributed by atoms with Crippen LogP contribution < -0.4 is 5.32 Å². The zero-order chi connectivity index (χ0) is 12.2. The molecule has 16 heavy (non-hydrogen) atoms. The third kappa shape index (κ3) is 3.63. The summed E-state index contributed by atoms with van der Waals surface area (Å²) in [7, 11) is 0. The van der Waals surface area contributed by atoms with Crippen LogP contribution in [0.25, 0.3) is 0 Å². The van der Waals surface area contributed by atoms with Gasteiger partial charge in [-0.2, -0.15) is 5.10 Å². The first-order valence-electron chi connectivity index (χ1n) is 5.30. The molecule has 1 unspecified atom stereocenters. The number of carbonyl (C=O) groups is 1. The average molecular weight is 288 g/mol. The number of halogens is 1. The molecule has 0 spiro atoms. The van der Waals surface area contributed by atoms with Crippen LogP contribution in [0.1, 0.15) is 37.6 Å². The highest BCUT2D eigenvalue weighted by Gasteiger charge is 2.26. The van der Waals surface area contributed by atoms with Crippen LogP contribution in [0.4, 0.5) is 0 Å². The molecule has 0 fully saturated rings. The minimum atomic E-state index is -0.0744. The van der Waals surface area contributed by atoms with Crippen LogP contribution in [0.3, 0.4) is 0 Å². The second-order valence-corrected chi connectivity index (χ2v) is 5.65. The van der Waals surface area contributed by atoms with Gasteiger partial charge < -0.3 is 5.32 Å². The first-order chi connectivity index (χ1) is 7.45. The van der Waals surface area contributed by atoms with E-state index >= 15 is 0 Å². The van der Waals surface area contributed by atoms with Gasteiger partial charge in [-0.25, -0.2) is 0 Å². The summed E-state index contributed by atoms with van der Waals surface area (Å²) >= 11 is 3.41. The van der Waals surface area contributed by atoms with Crippen molar-refractivity contribution in [3.63, 3.8) is 0 Å². The number of alkyl halides is 1. The summed E-state index contributed by atoms with van der Waals surface area (Å²) in [4.78, 5) is 11.9. The molecular weight excluding hydrogens is 270 g/mol. The van der Waals surface area contributed by atoms with E-state index < -0.39 is 0 Å². The van der Waals surface area contributed by atoms with Crippen molar-refractivity contribution in [1.29, 1.82) is 0 Å². The van der Waals surface area contributed by atoms with Crippen LogP contribution in [0.15, 0.2) is 12.4 Å². The Morgan fingerprint density at radius 1 is 1.62 bits per heavy atom. The van der Waals surface area contributed by atoms with Gasteiger partial charge in [-0.05, 0) is 11.8 Å². The summed E-state index contributed by atoms with van der Waals surface area (Å²) in [6.07, 6.45) is 4.04. The molecule has 1 aromatic heterocycles. The van der Waals surface area contributed by atoms with Crippen molar-refractivity contribution in [2.24, 2.45) is 5.41 Å². The fourth-order valence-electron chi connectivity index (χ4n) is 1.45. The van der Waals surface area contributed by atoms with Gasteiger partial charge in [0.25, 0.3) is 5.91 Å². The van der Waals surface area contributed by atoms with E-state index in [4.69, 9.17) is 0 Å². The number of rotatable bonds is 4. The molecular formula is C11H18BrN3O. The predicted octanol–water partition coefficient (Wildman–Crippen LogP) is 2.34. The van der Waals surface area contributed by atoms with Gasteiger partial charge in [0, 0.05) is 17.6 Å². The number of hydrogen-bond donors (Lipinski definition) is 2. The van der Waals surface area contributed by atoms with E-state index in [2.05, 4.69) is 52.2 Å². The predicted molar refractivity (Wildman–Crippen MR) is 67.7 cm³/mol. The van der Waals surface area contributed by atoms with Crippen LogP contribution in [0.2, 0.25) is 0 Å². The monoisotopic (exact) mass is 287 g/mol. The number of aromatic amines is 1. The summed E-state index contributed by atoms with van der Waals surface area (Å²) in [6.45, 7) is 6.36. The lowest BCUT2D eigenvalue weighted by Gasteiger charge is -2.31. The lowest BCUT2D eigenvalue weighted by atomic mass is 9.85. The van der Waals surface area contributed by atoms with Crippen molar-refractivity contribution in [2.75, 3.05) is 5.33 Å². The first kappa shape index (κ1) is 13.2. The minimum Gasteiger partial charge on any atom is -0.349 e. The topological polar surface area (TPSA) is 57.8 Å². The van der Waals surface area contributed by atoms with Crippen molar-refractivity contribution in [1.82, 2.24) is 15.5 Å². The van der Waals surface area contributed by atoms with E-state index in [-0.39, 0.29) is 17.4 Å². The molecule has 0 saturated heterocycles. The van der Waals surface area contributed by atoms with Crippen LogP contribution in [0, 0.1) is 5.41 Å². The molecule has 4 nitrogen and oxygen atoms in total. The van der Waals surface area contributed by atoms with Gasteiger partial charge in [0.2, 0.25) is 0 Å². The third-order valence-corrected chi connectivity index (χ3v) is 2.97. The Hall–Kier alpha value is -0.840. The number of hydrogen-bond acceptors (Lipinski definition) is 2. The van der Waals surface area contributed by atoms with Crippen LogP contribution >= 0.6 is 15.9 Å². The highest BCUT2D eigenvalue weighted by Crippen LogP contribution is 2.22. The summed E-state index contributed by atoms with van der Waals surface area (Å²) in [6, 6.07) is 0.147. The van der Waals surface area contributed by atoms with E-state index in [1.165, 1.54) is 6.20 Å². The fraction of sp³-hybridized carbons (Fsp3) is 0.636. The summed E-state index contributed by atoms with van der Waals surface area (Å²) in [5.74, 6) is -0.0744. The molecule has 90 valence electrons. The van der Waals surface area contributed by atoms with Crippen molar-refractivity contribution in [2.45, 2.75) is 33.2 Å². The van der Waals surface area contributed by atoms with Crippen molar-refractivity contribution < 1.29 is 4.79 Å². The summed E-state index contributed by atoms with van der Waals surface area (Å²) in [5, 5.41) is 10.3. The van der Waals surface area contributed by atoms with Crippen LogP contribution in [-0.4, -0.2) is 27.5 Å². The second kappa shape index (κ2) is 5.48. The number of nitrogens with zero attached hydrogens (tertiary/aromatic N) is 1. The largest absolute Gasteiger partial charge is 0.349 e. The Labute approximate surface area is 104 Å². The molecule has 0 aliphatic heterocycles. The van der Waals surface area contributed by atoms with Gasteiger partial charge in [0.15, 0.2) is 0 Å². The molecule has 0 aliphatic rings. The normalized spacial score (nSPS) is 13.5. The van der Waals surface area contributed by atoms with Gasteiger partial charge in [0.05, 0.1) is 11.8 Å². The number of aromatic nitrogens is 2. The number of nitrogens with one attached hydrogen (secondary N) is 2. The molecule has 0 radical (unpaired) electrons. The molecule has 1 atom stereocenters. The van der Waals surface area contributed by atoms with Crippen molar-refractivity contribution in [3.8, 4) is 0 Å². The first-order valence-corrected chi connectivity index (χ1v) is 6.43. The van der Waals surface area contributed by atoms with E-state index in [0.717, 1.165) is 11.8 Å². The lowest BCUT2D eigenvalue weighted by molar-refractivity contribution is 0.0901. The molecule has 2 N–H and O–H groups in total. The quantitative estimate of drug-likeness (QED) is 0.835. The zero-order valence-corrected chi connectivity index (χ0v) is 11.5. The molecule has 0 aliphatic carbocycles. The Kier molecular flexibility index (Phi) is 4.53. The molecule has 1 aromatic rings. The highest BCUT2D eigenvalue weighted by molar-refractivity contribution is 9.09.